The van der Waals surface area contributed by atoms with Gasteiger partial charge in [0.2, 0.25) is 5.91 Å². The van der Waals surface area contributed by atoms with E-state index in [2.05, 4.69) is 40.0 Å². The predicted molar refractivity (Wildman–Crippen MR) is 171 cm³/mol. The van der Waals surface area contributed by atoms with E-state index in [-0.39, 0.29) is 11.5 Å². The predicted octanol–water partition coefficient (Wildman–Crippen LogP) is 8.51. The first-order chi connectivity index (χ1) is 19.6. The number of carbonyl (C=O) groups excluding carboxylic acids is 3. The minimum atomic E-state index is -0.566. The maximum atomic E-state index is 13.2. The third-order valence-corrected chi connectivity index (χ3v) is 8.92. The van der Waals surface area contributed by atoms with Gasteiger partial charge in [-0.05, 0) is 90.1 Å². The number of carbonyl (C=O) groups is 3. The van der Waals surface area contributed by atoms with Crippen LogP contribution in [0.15, 0.2) is 64.0 Å². The van der Waals surface area contributed by atoms with Crippen LogP contribution in [0.3, 0.4) is 0 Å². The molecule has 0 radical (unpaired) electrons. The summed E-state index contributed by atoms with van der Waals surface area (Å²) in [5, 5.41) is 3.53. The van der Waals surface area contributed by atoms with Gasteiger partial charge in [0.05, 0.1) is 9.93 Å². The van der Waals surface area contributed by atoms with Crippen LogP contribution in [0.1, 0.15) is 25.0 Å². The first kappa shape index (κ1) is 31.3. The molecule has 1 aliphatic heterocycles. The molecule has 7 nitrogen and oxygen atoms in total. The number of imide groups is 1. The van der Waals surface area contributed by atoms with Gasteiger partial charge in [0, 0.05) is 56.2 Å². The quantitative estimate of drug-likeness (QED) is 0.214. The summed E-state index contributed by atoms with van der Waals surface area (Å²) >= 11 is 22.5. The molecule has 0 unspecified atom stereocenters. The Morgan fingerprint density at radius 2 is 1.78 bits per heavy atom. The number of hydrogen-bond acceptors (Lipinski definition) is 6. The number of nitrogens with one attached hydrogen (secondary N) is 1. The van der Waals surface area contributed by atoms with Crippen molar-refractivity contribution in [2.45, 2.75) is 20.5 Å². The van der Waals surface area contributed by atoms with E-state index in [1.807, 2.05) is 18.2 Å². The van der Waals surface area contributed by atoms with Crippen molar-refractivity contribution in [2.24, 2.45) is 0 Å². The van der Waals surface area contributed by atoms with Crippen LogP contribution in [0.25, 0.3) is 6.08 Å². The van der Waals surface area contributed by atoms with Crippen molar-refractivity contribution in [2.75, 3.05) is 29.9 Å². The molecule has 0 atom stereocenters. The van der Waals surface area contributed by atoms with E-state index in [9.17, 15) is 14.4 Å². The van der Waals surface area contributed by atoms with Crippen LogP contribution < -0.4 is 15.0 Å². The minimum Gasteiger partial charge on any atom is -0.488 e. The molecule has 4 rings (SSSR count). The monoisotopic (exact) mass is 695 g/mol. The number of anilines is 2. The SMILES string of the molecule is CCN(CC)c1ccc(/C=C2/SC(=O)N(CC(=O)Nc3ccc(Br)c(Cl)c3)C2=O)c(OCc2ccc(Cl)cc2Cl)c1. The van der Waals surface area contributed by atoms with Crippen molar-refractivity contribution in [3.63, 3.8) is 0 Å². The number of ether oxygens (including phenoxy) is 1. The summed E-state index contributed by atoms with van der Waals surface area (Å²) in [4.78, 5) is 41.8. The lowest BCUT2D eigenvalue weighted by Gasteiger charge is -2.22. The van der Waals surface area contributed by atoms with E-state index in [1.165, 1.54) is 0 Å². The Kier molecular flexibility index (Phi) is 10.7. The summed E-state index contributed by atoms with van der Waals surface area (Å²) in [7, 11) is 0. The highest BCUT2D eigenvalue weighted by Crippen LogP contribution is 2.36. The van der Waals surface area contributed by atoms with Gasteiger partial charge in [-0.25, -0.2) is 0 Å². The van der Waals surface area contributed by atoms with Crippen molar-refractivity contribution in [1.82, 2.24) is 4.90 Å². The van der Waals surface area contributed by atoms with E-state index >= 15 is 0 Å². The molecule has 1 N–H and O–H groups in total. The molecular weight excluding hydrogens is 673 g/mol. The van der Waals surface area contributed by atoms with Crippen LogP contribution in [0.5, 0.6) is 5.75 Å². The Balaban J connectivity index is 1.55. The first-order valence-electron chi connectivity index (χ1n) is 12.6. The lowest BCUT2D eigenvalue weighted by atomic mass is 10.1. The molecule has 0 aliphatic carbocycles. The molecule has 1 saturated heterocycles. The van der Waals surface area contributed by atoms with E-state index in [4.69, 9.17) is 39.5 Å². The van der Waals surface area contributed by atoms with Crippen LogP contribution in [0.2, 0.25) is 15.1 Å². The number of rotatable bonds is 10. The Morgan fingerprint density at radius 1 is 1.02 bits per heavy atom. The molecule has 0 spiro atoms. The molecule has 1 heterocycles. The summed E-state index contributed by atoms with van der Waals surface area (Å²) in [6.07, 6.45) is 1.60. The van der Waals surface area contributed by atoms with Crippen molar-refractivity contribution < 1.29 is 19.1 Å². The molecule has 3 aromatic rings. The second-order valence-electron chi connectivity index (χ2n) is 8.86. The van der Waals surface area contributed by atoms with Gasteiger partial charge in [0.1, 0.15) is 18.9 Å². The van der Waals surface area contributed by atoms with Crippen LogP contribution in [0, 0.1) is 0 Å². The largest absolute Gasteiger partial charge is 0.488 e. The molecule has 41 heavy (non-hydrogen) atoms. The highest BCUT2D eigenvalue weighted by molar-refractivity contribution is 9.10. The van der Waals surface area contributed by atoms with E-state index in [0.29, 0.717) is 36.5 Å². The van der Waals surface area contributed by atoms with Gasteiger partial charge in [0.25, 0.3) is 11.1 Å². The van der Waals surface area contributed by atoms with Gasteiger partial charge in [0.15, 0.2) is 0 Å². The fourth-order valence-electron chi connectivity index (χ4n) is 4.04. The zero-order valence-electron chi connectivity index (χ0n) is 22.0. The Morgan fingerprint density at radius 3 is 2.46 bits per heavy atom. The number of nitrogens with zero attached hydrogens (tertiary/aromatic N) is 2. The van der Waals surface area contributed by atoms with Crippen LogP contribution in [0.4, 0.5) is 16.2 Å². The standard InChI is InChI=1S/C29H25BrCl3N3O4S/c1-3-35(4-2)21-9-6-17(25(14-21)40-16-18-5-7-19(31)12-23(18)32)11-26-28(38)36(29(39)41-26)15-27(37)34-20-8-10-22(30)24(33)13-20/h5-14H,3-4,15-16H2,1-2H3,(H,34,37)/b26-11+. The van der Waals surface area contributed by atoms with Gasteiger partial charge >= 0.3 is 0 Å². The molecule has 12 heteroatoms. The van der Waals surface area contributed by atoms with Crippen molar-refractivity contribution in [1.29, 1.82) is 0 Å². The lowest BCUT2D eigenvalue weighted by molar-refractivity contribution is -0.127. The van der Waals surface area contributed by atoms with E-state index < -0.39 is 23.6 Å². The van der Waals surface area contributed by atoms with Gasteiger partial charge in [-0.15, -0.1) is 0 Å². The first-order valence-corrected chi connectivity index (χ1v) is 15.3. The van der Waals surface area contributed by atoms with Gasteiger partial charge in [-0.3, -0.25) is 19.3 Å². The molecule has 0 saturated carbocycles. The van der Waals surface area contributed by atoms with Crippen molar-refractivity contribution >= 4 is 97.0 Å². The maximum absolute atomic E-state index is 13.2. The smallest absolute Gasteiger partial charge is 0.294 e. The lowest BCUT2D eigenvalue weighted by Crippen LogP contribution is -2.36. The fraction of sp³-hybridized carbons (Fsp3) is 0.207. The Bertz CT molecular complexity index is 1530. The van der Waals surface area contributed by atoms with Crippen LogP contribution in [-0.4, -0.2) is 41.6 Å². The molecule has 0 aromatic heterocycles. The zero-order valence-corrected chi connectivity index (χ0v) is 26.7. The number of benzene rings is 3. The van der Waals surface area contributed by atoms with Gasteiger partial charge in [-0.1, -0.05) is 40.9 Å². The topological polar surface area (TPSA) is 79.0 Å². The van der Waals surface area contributed by atoms with Crippen LogP contribution in [-0.2, 0) is 16.2 Å². The third kappa shape index (κ3) is 7.78. The summed E-state index contributed by atoms with van der Waals surface area (Å²) in [5.41, 5.74) is 2.74. The normalized spacial score (nSPS) is 14.1. The Labute approximate surface area is 265 Å². The molecular formula is C29H25BrCl3N3O4S. The molecule has 3 amide bonds. The maximum Gasteiger partial charge on any atom is 0.294 e. The number of hydrogen-bond donors (Lipinski definition) is 1. The Hall–Kier alpha value is -2.69. The number of amides is 3. The molecule has 1 fully saturated rings. The minimum absolute atomic E-state index is 0.167. The highest BCUT2D eigenvalue weighted by Gasteiger charge is 2.36. The van der Waals surface area contributed by atoms with E-state index in [0.717, 1.165) is 41.0 Å². The average Bonchev–Trinajstić information content (AvgIpc) is 3.19. The third-order valence-electron chi connectivity index (χ3n) is 6.19. The van der Waals surface area contributed by atoms with Crippen molar-refractivity contribution in [3.05, 3.63) is 90.2 Å². The second-order valence-corrected chi connectivity index (χ2v) is 12.0. The summed E-state index contributed by atoms with van der Waals surface area (Å²) in [5.74, 6) is -0.583. The molecule has 214 valence electrons. The summed E-state index contributed by atoms with van der Waals surface area (Å²) in [6, 6.07) is 15.7. The molecule has 0 bridgehead atoms. The van der Waals surface area contributed by atoms with Crippen LogP contribution >= 0.6 is 62.5 Å². The fourth-order valence-corrected chi connectivity index (χ4v) is 5.76. The summed E-state index contributed by atoms with van der Waals surface area (Å²) < 4.78 is 6.85. The number of halogens is 4. The zero-order chi connectivity index (χ0) is 29.7. The highest BCUT2D eigenvalue weighted by atomic mass is 79.9. The molecule has 3 aromatic carbocycles. The number of thioether (sulfide) groups is 1. The van der Waals surface area contributed by atoms with Gasteiger partial charge < -0.3 is 15.0 Å². The van der Waals surface area contributed by atoms with Gasteiger partial charge in [-0.2, -0.15) is 0 Å². The summed E-state index contributed by atoms with van der Waals surface area (Å²) in [6.45, 7) is 5.44. The second kappa shape index (κ2) is 14.0. The average molecular weight is 698 g/mol. The van der Waals surface area contributed by atoms with E-state index in [1.54, 1.807) is 42.5 Å². The molecule has 1 aliphatic rings. The van der Waals surface area contributed by atoms with Crippen molar-refractivity contribution in [3.8, 4) is 5.75 Å².